The molecule has 0 radical (unpaired) electrons. The highest BCUT2D eigenvalue weighted by Crippen LogP contribution is 2.35. The van der Waals surface area contributed by atoms with Crippen LogP contribution in [0.3, 0.4) is 0 Å². The van der Waals surface area contributed by atoms with Crippen molar-refractivity contribution in [2.24, 2.45) is 0 Å². The summed E-state index contributed by atoms with van der Waals surface area (Å²) in [6, 6.07) is 17.5. The molecule has 0 N–H and O–H groups in total. The molecule has 4 heterocycles. The van der Waals surface area contributed by atoms with Crippen molar-refractivity contribution < 1.29 is 0 Å². The van der Waals surface area contributed by atoms with E-state index in [9.17, 15) is 0 Å². The maximum Gasteiger partial charge on any atom is 0.116 e. The molecule has 1 aliphatic rings. The molecule has 1 unspecified atom stereocenters. The number of hydrogen-bond donors (Lipinski definition) is 0. The predicted octanol–water partition coefficient (Wildman–Crippen LogP) is 3.97. The maximum atomic E-state index is 4.39. The monoisotopic (exact) mass is 340 g/mol. The fourth-order valence-corrected chi connectivity index (χ4v) is 4.02. The van der Waals surface area contributed by atoms with Crippen molar-refractivity contribution in [2.75, 3.05) is 13.6 Å². The van der Waals surface area contributed by atoms with E-state index in [0.29, 0.717) is 5.92 Å². The van der Waals surface area contributed by atoms with Gasteiger partial charge in [-0.3, -0.25) is 0 Å². The molecule has 1 atom stereocenters. The van der Waals surface area contributed by atoms with Gasteiger partial charge in [-0.1, -0.05) is 12.1 Å². The molecule has 128 valence electrons. The molecule has 4 aromatic rings. The highest BCUT2D eigenvalue weighted by Gasteiger charge is 2.25. The van der Waals surface area contributed by atoms with E-state index in [1.54, 1.807) is 12.5 Å². The Bertz CT molecular complexity index is 1070. The Morgan fingerprint density at radius 2 is 2.00 bits per heavy atom. The third-order valence-electron chi connectivity index (χ3n) is 5.29. The molecule has 4 heteroatoms. The first-order chi connectivity index (χ1) is 12.8. The van der Waals surface area contributed by atoms with Gasteiger partial charge in [0.2, 0.25) is 0 Å². The summed E-state index contributed by atoms with van der Waals surface area (Å²) in [6.07, 6.45) is 7.65. The third kappa shape index (κ3) is 2.59. The average Bonchev–Trinajstić information content (AvgIpc) is 3.15. The Morgan fingerprint density at radius 1 is 1.04 bits per heavy atom. The molecule has 1 aromatic carbocycles. The van der Waals surface area contributed by atoms with E-state index in [4.69, 9.17) is 0 Å². The first-order valence-corrected chi connectivity index (χ1v) is 8.92. The predicted molar refractivity (Wildman–Crippen MR) is 103 cm³/mol. The Morgan fingerprint density at radius 3 is 2.88 bits per heavy atom. The second-order valence-electron chi connectivity index (χ2n) is 7.06. The van der Waals surface area contributed by atoms with Crippen LogP contribution in [0.4, 0.5) is 0 Å². The minimum absolute atomic E-state index is 0.392. The van der Waals surface area contributed by atoms with Crippen molar-refractivity contribution in [2.45, 2.75) is 12.5 Å². The van der Waals surface area contributed by atoms with Gasteiger partial charge < -0.3 is 9.30 Å². The second-order valence-corrected chi connectivity index (χ2v) is 7.06. The summed E-state index contributed by atoms with van der Waals surface area (Å²) in [4.78, 5) is 10.8. The Balaban J connectivity index is 1.59. The number of rotatable bonds is 2. The van der Waals surface area contributed by atoms with Crippen molar-refractivity contribution >= 4 is 5.52 Å². The summed E-state index contributed by atoms with van der Waals surface area (Å²) >= 11 is 0. The van der Waals surface area contributed by atoms with E-state index >= 15 is 0 Å². The first-order valence-electron chi connectivity index (χ1n) is 8.92. The van der Waals surface area contributed by atoms with Gasteiger partial charge >= 0.3 is 0 Å². The minimum atomic E-state index is 0.392. The summed E-state index contributed by atoms with van der Waals surface area (Å²) in [7, 11) is 2.20. The molecule has 0 saturated heterocycles. The lowest BCUT2D eigenvalue weighted by Crippen LogP contribution is -2.31. The largest absolute Gasteiger partial charge is 0.324 e. The Hall–Kier alpha value is -2.98. The number of hydrogen-bond acceptors (Lipinski definition) is 3. The number of pyridine rings is 1. The van der Waals surface area contributed by atoms with Crippen LogP contribution in [0.15, 0.2) is 73.4 Å². The second kappa shape index (κ2) is 6.07. The van der Waals surface area contributed by atoms with Crippen molar-refractivity contribution in [1.82, 2.24) is 19.3 Å². The molecule has 26 heavy (non-hydrogen) atoms. The zero-order chi connectivity index (χ0) is 17.5. The van der Waals surface area contributed by atoms with Crippen LogP contribution in [0, 0.1) is 0 Å². The van der Waals surface area contributed by atoms with Gasteiger partial charge in [0, 0.05) is 48.7 Å². The third-order valence-corrected chi connectivity index (χ3v) is 5.29. The number of benzene rings is 1. The van der Waals surface area contributed by atoms with Crippen LogP contribution in [0.25, 0.3) is 16.8 Å². The lowest BCUT2D eigenvalue weighted by molar-refractivity contribution is 0.295. The van der Waals surface area contributed by atoms with Gasteiger partial charge in [0.15, 0.2) is 0 Å². The molecule has 4 nitrogen and oxygen atoms in total. The van der Waals surface area contributed by atoms with Gasteiger partial charge in [-0.25, -0.2) is 9.97 Å². The van der Waals surface area contributed by atoms with Crippen molar-refractivity contribution in [3.63, 3.8) is 0 Å². The van der Waals surface area contributed by atoms with Crippen LogP contribution in [0.2, 0.25) is 0 Å². The lowest BCUT2D eigenvalue weighted by Gasteiger charge is -2.33. The van der Waals surface area contributed by atoms with Gasteiger partial charge in [0.25, 0.3) is 0 Å². The van der Waals surface area contributed by atoms with Gasteiger partial charge in [-0.15, -0.1) is 0 Å². The fourth-order valence-electron chi connectivity index (χ4n) is 4.02. The Kier molecular flexibility index (Phi) is 3.57. The van der Waals surface area contributed by atoms with Gasteiger partial charge in [0.05, 0.1) is 5.69 Å². The molecule has 0 amide bonds. The molecule has 0 fully saturated rings. The number of aromatic nitrogens is 3. The zero-order valence-corrected chi connectivity index (χ0v) is 14.7. The van der Waals surface area contributed by atoms with E-state index < -0.39 is 0 Å². The minimum Gasteiger partial charge on any atom is -0.324 e. The highest BCUT2D eigenvalue weighted by molar-refractivity contribution is 5.62. The van der Waals surface area contributed by atoms with E-state index in [1.807, 2.05) is 6.07 Å². The molecule has 0 saturated carbocycles. The molecule has 0 bridgehead atoms. The van der Waals surface area contributed by atoms with Crippen LogP contribution < -0.4 is 0 Å². The molecule has 3 aromatic heterocycles. The first kappa shape index (κ1) is 15.3. The molecule has 1 aliphatic heterocycles. The highest BCUT2D eigenvalue weighted by atomic mass is 15.1. The van der Waals surface area contributed by atoms with Crippen LogP contribution >= 0.6 is 0 Å². The lowest BCUT2D eigenvalue weighted by atomic mass is 9.84. The zero-order valence-electron chi connectivity index (χ0n) is 14.7. The van der Waals surface area contributed by atoms with E-state index in [-0.39, 0.29) is 0 Å². The maximum absolute atomic E-state index is 4.39. The average molecular weight is 340 g/mol. The van der Waals surface area contributed by atoms with Gasteiger partial charge in [-0.05, 0) is 60.1 Å². The van der Waals surface area contributed by atoms with Crippen LogP contribution in [0.5, 0.6) is 0 Å². The van der Waals surface area contributed by atoms with Crippen molar-refractivity contribution in [1.29, 1.82) is 0 Å². The topological polar surface area (TPSA) is 33.4 Å². The SMILES string of the molecule is CN1Cc2cc(-c3ccncn3)ccc2C(c2ccn3cccc3c2)C1. The van der Waals surface area contributed by atoms with Gasteiger partial charge in [-0.2, -0.15) is 0 Å². The smallest absolute Gasteiger partial charge is 0.116 e. The molecule has 0 spiro atoms. The van der Waals surface area contributed by atoms with Crippen LogP contribution in [-0.2, 0) is 6.54 Å². The number of likely N-dealkylation sites (N-methyl/N-ethyl adjacent to an activating group) is 1. The van der Waals surface area contributed by atoms with Crippen LogP contribution in [-0.4, -0.2) is 32.9 Å². The molecular weight excluding hydrogens is 320 g/mol. The summed E-state index contributed by atoms with van der Waals surface area (Å²) in [6.45, 7) is 2.01. The fraction of sp³-hybridized carbons (Fsp3) is 0.182. The standard InChI is InChI=1S/C22H20N4/c1-25-13-18-11-17(22-6-8-23-15-24-22)4-5-20(18)21(14-25)16-7-10-26-9-2-3-19(26)12-16/h2-12,15,21H,13-14H2,1H3. The van der Waals surface area contributed by atoms with E-state index in [1.165, 1.54) is 22.2 Å². The van der Waals surface area contributed by atoms with E-state index in [2.05, 4.69) is 81.2 Å². The van der Waals surface area contributed by atoms with E-state index in [0.717, 1.165) is 24.3 Å². The normalized spacial score (nSPS) is 17.3. The Labute approximate surface area is 152 Å². The number of nitrogens with zero attached hydrogens (tertiary/aromatic N) is 4. The quantitative estimate of drug-likeness (QED) is 0.553. The molecule has 0 aliphatic carbocycles. The van der Waals surface area contributed by atoms with Gasteiger partial charge in [0.1, 0.15) is 6.33 Å². The summed E-state index contributed by atoms with van der Waals surface area (Å²) in [5, 5.41) is 0. The summed E-state index contributed by atoms with van der Waals surface area (Å²) in [5.74, 6) is 0.392. The molecular formula is C22H20N4. The summed E-state index contributed by atoms with van der Waals surface area (Å²) < 4.78 is 2.16. The van der Waals surface area contributed by atoms with Crippen molar-refractivity contribution in [3.05, 3.63) is 90.1 Å². The number of fused-ring (bicyclic) bond motifs is 2. The summed E-state index contributed by atoms with van der Waals surface area (Å²) in [5.41, 5.74) is 7.56. The molecule has 5 rings (SSSR count). The van der Waals surface area contributed by atoms with Crippen molar-refractivity contribution in [3.8, 4) is 11.3 Å². The van der Waals surface area contributed by atoms with Crippen LogP contribution in [0.1, 0.15) is 22.6 Å².